The normalized spacial score (nSPS) is 13.8. The fraction of sp³-hybridized carbons (Fsp3) is 0.417. The van der Waals surface area contributed by atoms with E-state index in [1.54, 1.807) is 18.2 Å². The van der Waals surface area contributed by atoms with Gasteiger partial charge in [0.05, 0.1) is 13.1 Å². The Labute approximate surface area is 112 Å². The average molecular weight is 291 g/mol. The van der Waals surface area contributed by atoms with Crippen molar-refractivity contribution in [3.05, 3.63) is 23.8 Å². The van der Waals surface area contributed by atoms with Gasteiger partial charge in [-0.1, -0.05) is 6.07 Å². The molecule has 0 unspecified atom stereocenters. The van der Waals surface area contributed by atoms with Gasteiger partial charge in [-0.25, -0.2) is 0 Å². The minimum Gasteiger partial charge on any atom is -0.480 e. The third-order valence-corrected chi connectivity index (χ3v) is 2.60. The van der Waals surface area contributed by atoms with Crippen LogP contribution < -0.4 is 9.47 Å². The molecule has 0 spiro atoms. The van der Waals surface area contributed by atoms with Crippen molar-refractivity contribution in [2.75, 3.05) is 19.9 Å². The van der Waals surface area contributed by atoms with E-state index in [4.69, 9.17) is 14.6 Å². The van der Waals surface area contributed by atoms with E-state index in [-0.39, 0.29) is 13.3 Å². The molecule has 110 valence electrons. The second-order valence-electron chi connectivity index (χ2n) is 4.34. The van der Waals surface area contributed by atoms with Gasteiger partial charge in [0.15, 0.2) is 11.5 Å². The van der Waals surface area contributed by atoms with Gasteiger partial charge in [-0.05, 0) is 17.7 Å². The van der Waals surface area contributed by atoms with Crippen molar-refractivity contribution in [2.45, 2.75) is 12.7 Å². The van der Waals surface area contributed by atoms with E-state index in [1.165, 1.54) is 0 Å². The summed E-state index contributed by atoms with van der Waals surface area (Å²) < 4.78 is 47.4. The second kappa shape index (κ2) is 5.58. The van der Waals surface area contributed by atoms with Crippen molar-refractivity contribution < 1.29 is 32.5 Å². The summed E-state index contributed by atoms with van der Waals surface area (Å²) in [6.07, 6.45) is -4.45. The number of carbonyl (C=O) groups is 1. The third-order valence-electron chi connectivity index (χ3n) is 2.60. The van der Waals surface area contributed by atoms with Crippen LogP contribution in [0.1, 0.15) is 5.56 Å². The Morgan fingerprint density at radius 1 is 1.30 bits per heavy atom. The largest absolute Gasteiger partial charge is 0.480 e. The number of nitrogens with zero attached hydrogens (tertiary/aromatic N) is 1. The fourth-order valence-corrected chi connectivity index (χ4v) is 1.91. The summed E-state index contributed by atoms with van der Waals surface area (Å²) in [7, 11) is 0. The molecule has 2 rings (SSSR count). The molecule has 0 radical (unpaired) electrons. The second-order valence-corrected chi connectivity index (χ2v) is 4.34. The first kappa shape index (κ1) is 14.4. The van der Waals surface area contributed by atoms with Gasteiger partial charge >= 0.3 is 12.1 Å². The van der Waals surface area contributed by atoms with Gasteiger partial charge in [0.2, 0.25) is 6.79 Å². The minimum absolute atomic E-state index is 0.0696. The molecule has 0 fully saturated rings. The van der Waals surface area contributed by atoms with Crippen LogP contribution in [0.2, 0.25) is 0 Å². The van der Waals surface area contributed by atoms with E-state index in [1.807, 2.05) is 0 Å². The van der Waals surface area contributed by atoms with Gasteiger partial charge in [0.25, 0.3) is 0 Å². The molecular weight excluding hydrogens is 279 g/mol. The predicted octanol–water partition coefficient (Wildman–Crippen LogP) is 1.86. The van der Waals surface area contributed by atoms with Gasteiger partial charge in [-0.3, -0.25) is 9.69 Å². The van der Waals surface area contributed by atoms with E-state index in [2.05, 4.69) is 0 Å². The Balaban J connectivity index is 2.08. The predicted molar refractivity (Wildman–Crippen MR) is 61.5 cm³/mol. The Morgan fingerprint density at radius 3 is 2.65 bits per heavy atom. The molecular formula is C12H12F3NO4. The highest BCUT2D eigenvalue weighted by Crippen LogP contribution is 2.33. The minimum atomic E-state index is -4.45. The van der Waals surface area contributed by atoms with Crippen LogP contribution in [0.5, 0.6) is 11.5 Å². The molecule has 0 amide bonds. The number of fused-ring (bicyclic) bond motifs is 1. The number of aliphatic carboxylic acids is 1. The molecule has 1 heterocycles. The number of benzene rings is 1. The Morgan fingerprint density at radius 2 is 2.00 bits per heavy atom. The Bertz CT molecular complexity index is 504. The maximum Gasteiger partial charge on any atom is 0.401 e. The fourth-order valence-electron chi connectivity index (χ4n) is 1.91. The number of rotatable bonds is 5. The zero-order valence-corrected chi connectivity index (χ0v) is 10.3. The number of halogens is 3. The number of hydrogen-bond acceptors (Lipinski definition) is 4. The molecule has 5 nitrogen and oxygen atoms in total. The van der Waals surface area contributed by atoms with Crippen LogP contribution in [-0.4, -0.2) is 42.0 Å². The molecule has 1 aromatic carbocycles. The summed E-state index contributed by atoms with van der Waals surface area (Å²) in [4.78, 5) is 11.4. The number of alkyl halides is 3. The smallest absolute Gasteiger partial charge is 0.401 e. The highest BCUT2D eigenvalue weighted by Gasteiger charge is 2.31. The van der Waals surface area contributed by atoms with Crippen molar-refractivity contribution >= 4 is 5.97 Å². The molecule has 0 saturated carbocycles. The maximum atomic E-state index is 12.4. The molecule has 0 bridgehead atoms. The average Bonchev–Trinajstić information content (AvgIpc) is 2.72. The van der Waals surface area contributed by atoms with E-state index >= 15 is 0 Å². The van der Waals surface area contributed by atoms with Crippen molar-refractivity contribution in [3.63, 3.8) is 0 Å². The highest BCUT2D eigenvalue weighted by atomic mass is 19.4. The topological polar surface area (TPSA) is 59.0 Å². The molecule has 1 N–H and O–H groups in total. The van der Waals surface area contributed by atoms with Crippen LogP contribution in [0.3, 0.4) is 0 Å². The van der Waals surface area contributed by atoms with E-state index < -0.39 is 25.2 Å². The van der Waals surface area contributed by atoms with Crippen molar-refractivity contribution in [3.8, 4) is 11.5 Å². The summed E-state index contributed by atoms with van der Waals surface area (Å²) in [6.45, 7) is -2.04. The number of carboxylic acids is 1. The van der Waals surface area contributed by atoms with Gasteiger partial charge < -0.3 is 14.6 Å². The summed E-state index contributed by atoms with van der Waals surface area (Å²) in [5.41, 5.74) is 0.528. The lowest BCUT2D eigenvalue weighted by Gasteiger charge is -2.21. The van der Waals surface area contributed by atoms with Crippen LogP contribution >= 0.6 is 0 Å². The highest BCUT2D eigenvalue weighted by molar-refractivity contribution is 5.69. The zero-order chi connectivity index (χ0) is 14.8. The molecule has 0 aliphatic carbocycles. The first-order chi connectivity index (χ1) is 9.33. The van der Waals surface area contributed by atoms with Crippen molar-refractivity contribution in [2.24, 2.45) is 0 Å². The van der Waals surface area contributed by atoms with Gasteiger partial charge in [-0.2, -0.15) is 13.2 Å². The summed E-state index contributed by atoms with van der Waals surface area (Å²) in [5, 5.41) is 8.66. The van der Waals surface area contributed by atoms with Crippen LogP contribution in [0.15, 0.2) is 18.2 Å². The molecule has 1 aromatic rings. The summed E-state index contributed by atoms with van der Waals surface area (Å²) >= 11 is 0. The molecule has 0 aromatic heterocycles. The molecule has 8 heteroatoms. The lowest BCUT2D eigenvalue weighted by molar-refractivity contribution is -0.154. The van der Waals surface area contributed by atoms with Gasteiger partial charge in [-0.15, -0.1) is 0 Å². The standard InChI is InChI=1S/C12H12F3NO4/c13-12(14,15)6-16(5-11(17)18)4-8-1-2-9-10(3-8)20-7-19-9/h1-3H,4-7H2,(H,17,18). The Hall–Kier alpha value is -1.96. The van der Waals surface area contributed by atoms with Crippen molar-refractivity contribution in [1.82, 2.24) is 4.90 Å². The molecule has 0 atom stereocenters. The summed E-state index contributed by atoms with van der Waals surface area (Å²) in [5.74, 6) is -0.339. The third kappa shape index (κ3) is 4.02. The number of ether oxygens (including phenoxy) is 2. The van der Waals surface area contributed by atoms with Crippen molar-refractivity contribution in [1.29, 1.82) is 0 Å². The number of carboxylic acid groups (broad SMARTS) is 1. The van der Waals surface area contributed by atoms with E-state index in [9.17, 15) is 18.0 Å². The monoisotopic (exact) mass is 291 g/mol. The van der Waals surface area contributed by atoms with E-state index in [0.717, 1.165) is 4.90 Å². The Kier molecular flexibility index (Phi) is 4.03. The van der Waals surface area contributed by atoms with Crippen LogP contribution in [0.4, 0.5) is 13.2 Å². The van der Waals surface area contributed by atoms with E-state index in [0.29, 0.717) is 17.1 Å². The SMILES string of the molecule is O=C(O)CN(Cc1ccc2c(c1)OCO2)CC(F)(F)F. The zero-order valence-electron chi connectivity index (χ0n) is 10.3. The first-order valence-corrected chi connectivity index (χ1v) is 5.73. The maximum absolute atomic E-state index is 12.4. The van der Waals surface area contributed by atoms with Gasteiger partial charge in [0.1, 0.15) is 0 Å². The quantitative estimate of drug-likeness (QED) is 0.897. The number of hydrogen-bond donors (Lipinski definition) is 1. The summed E-state index contributed by atoms with van der Waals surface area (Å²) in [6, 6.07) is 4.72. The molecule has 1 aliphatic rings. The molecule has 20 heavy (non-hydrogen) atoms. The lowest BCUT2D eigenvalue weighted by atomic mass is 10.2. The van der Waals surface area contributed by atoms with Crippen LogP contribution in [-0.2, 0) is 11.3 Å². The lowest BCUT2D eigenvalue weighted by Crippen LogP contribution is -2.37. The van der Waals surface area contributed by atoms with Gasteiger partial charge in [0, 0.05) is 6.54 Å². The molecule has 0 saturated heterocycles. The van der Waals surface area contributed by atoms with Crippen LogP contribution in [0, 0.1) is 0 Å². The van der Waals surface area contributed by atoms with Crippen LogP contribution in [0.25, 0.3) is 0 Å². The molecule has 1 aliphatic heterocycles. The first-order valence-electron chi connectivity index (χ1n) is 5.73.